The van der Waals surface area contributed by atoms with Crippen LogP contribution in [0.2, 0.25) is 0 Å². The van der Waals surface area contributed by atoms with Crippen molar-refractivity contribution in [1.29, 1.82) is 0 Å². The second-order valence-corrected chi connectivity index (χ2v) is 4.98. The van der Waals surface area contributed by atoms with Crippen molar-refractivity contribution in [1.82, 2.24) is 5.32 Å². The molecule has 1 aromatic heterocycles. The molecular weight excluding hydrogens is 279 g/mol. The van der Waals surface area contributed by atoms with Crippen molar-refractivity contribution in [2.24, 2.45) is 0 Å². The predicted octanol–water partition coefficient (Wildman–Crippen LogP) is 4.61. The van der Waals surface area contributed by atoms with E-state index in [4.69, 9.17) is 4.42 Å². The average Bonchev–Trinajstić information content (AvgIpc) is 2.74. The summed E-state index contributed by atoms with van der Waals surface area (Å²) in [5, 5.41) is 3.22. The number of aryl methyl sites for hydroxylation is 2. The van der Waals surface area contributed by atoms with Crippen LogP contribution in [-0.2, 0) is 6.18 Å². The Morgan fingerprint density at radius 2 is 1.90 bits per heavy atom. The van der Waals surface area contributed by atoms with E-state index in [0.29, 0.717) is 12.1 Å². The van der Waals surface area contributed by atoms with Crippen LogP contribution in [-0.4, -0.2) is 6.54 Å². The van der Waals surface area contributed by atoms with E-state index in [0.717, 1.165) is 23.2 Å². The van der Waals surface area contributed by atoms with Crippen molar-refractivity contribution in [3.63, 3.8) is 0 Å². The number of hydrogen-bond acceptors (Lipinski definition) is 2. The van der Waals surface area contributed by atoms with Gasteiger partial charge in [0.25, 0.3) is 0 Å². The fourth-order valence-corrected chi connectivity index (χ4v) is 2.44. The molecule has 114 valence electrons. The van der Waals surface area contributed by atoms with Crippen LogP contribution in [0.5, 0.6) is 0 Å². The zero-order valence-corrected chi connectivity index (χ0v) is 12.2. The van der Waals surface area contributed by atoms with Gasteiger partial charge in [0, 0.05) is 5.56 Å². The molecule has 0 saturated carbocycles. The molecule has 0 spiro atoms. The van der Waals surface area contributed by atoms with E-state index >= 15 is 0 Å². The highest BCUT2D eigenvalue weighted by Gasteiger charge is 2.31. The smallest absolute Gasteiger partial charge is 0.416 e. The fourth-order valence-electron chi connectivity index (χ4n) is 2.44. The van der Waals surface area contributed by atoms with Gasteiger partial charge in [-0.1, -0.05) is 19.1 Å². The maximum absolute atomic E-state index is 12.9. The van der Waals surface area contributed by atoms with Gasteiger partial charge in [-0.2, -0.15) is 13.2 Å². The maximum Gasteiger partial charge on any atom is 0.416 e. The molecule has 0 bridgehead atoms. The molecule has 2 nitrogen and oxygen atoms in total. The van der Waals surface area contributed by atoms with Crippen LogP contribution >= 0.6 is 0 Å². The van der Waals surface area contributed by atoms with Gasteiger partial charge in [0.05, 0.1) is 11.6 Å². The van der Waals surface area contributed by atoms with Gasteiger partial charge in [-0.15, -0.1) is 0 Å². The predicted molar refractivity (Wildman–Crippen MR) is 75.1 cm³/mol. The van der Waals surface area contributed by atoms with Crippen molar-refractivity contribution in [2.45, 2.75) is 33.0 Å². The quantitative estimate of drug-likeness (QED) is 0.891. The summed E-state index contributed by atoms with van der Waals surface area (Å²) in [4.78, 5) is 0. The molecule has 0 amide bonds. The van der Waals surface area contributed by atoms with E-state index in [2.05, 4.69) is 5.32 Å². The first-order valence-electron chi connectivity index (χ1n) is 6.80. The van der Waals surface area contributed by atoms with Crippen LogP contribution in [0.15, 0.2) is 34.7 Å². The van der Waals surface area contributed by atoms with Gasteiger partial charge in [0.1, 0.15) is 11.5 Å². The largest absolute Gasteiger partial charge is 0.466 e. The minimum absolute atomic E-state index is 0.310. The van der Waals surface area contributed by atoms with E-state index in [-0.39, 0.29) is 6.04 Å². The molecule has 5 heteroatoms. The molecule has 0 aliphatic rings. The van der Waals surface area contributed by atoms with Gasteiger partial charge in [0.15, 0.2) is 0 Å². The van der Waals surface area contributed by atoms with Gasteiger partial charge in [-0.25, -0.2) is 0 Å². The molecule has 1 atom stereocenters. The monoisotopic (exact) mass is 297 g/mol. The second kappa shape index (κ2) is 5.93. The van der Waals surface area contributed by atoms with E-state index in [9.17, 15) is 13.2 Å². The number of nitrogens with one attached hydrogen (secondary N) is 1. The zero-order chi connectivity index (χ0) is 15.6. The summed E-state index contributed by atoms with van der Waals surface area (Å²) in [5.41, 5.74) is 0.810. The lowest BCUT2D eigenvalue weighted by Crippen LogP contribution is -2.22. The highest BCUT2D eigenvalue weighted by atomic mass is 19.4. The molecule has 1 aromatic carbocycles. The summed E-state index contributed by atoms with van der Waals surface area (Å²) in [6.45, 7) is 6.21. The number of benzene rings is 1. The number of rotatable bonds is 4. The molecule has 0 saturated heterocycles. The number of hydrogen-bond donors (Lipinski definition) is 1. The SMILES string of the molecule is CCNC(c1cccc(C(F)(F)F)c1)c1cc(C)oc1C. The summed E-state index contributed by atoms with van der Waals surface area (Å²) in [6.07, 6.45) is -4.34. The van der Waals surface area contributed by atoms with Crippen LogP contribution in [0.4, 0.5) is 13.2 Å². The summed E-state index contributed by atoms with van der Waals surface area (Å²) in [5.74, 6) is 1.47. The van der Waals surface area contributed by atoms with Crippen LogP contribution in [0.3, 0.4) is 0 Å². The summed E-state index contributed by atoms with van der Waals surface area (Å²) in [6, 6.07) is 6.96. The Labute approximate surface area is 122 Å². The standard InChI is InChI=1S/C16H18F3NO/c1-4-20-15(14-8-10(2)21-11(14)3)12-6-5-7-13(9-12)16(17,18)19/h5-9,15,20H,4H2,1-3H3. The molecule has 0 aliphatic carbocycles. The summed E-state index contributed by atoms with van der Waals surface area (Å²) < 4.78 is 44.1. The lowest BCUT2D eigenvalue weighted by Gasteiger charge is -2.19. The lowest BCUT2D eigenvalue weighted by atomic mass is 9.97. The first kappa shape index (κ1) is 15.6. The molecule has 2 rings (SSSR count). The van der Waals surface area contributed by atoms with Crippen LogP contribution < -0.4 is 5.32 Å². The molecular formula is C16H18F3NO. The molecule has 2 aromatic rings. The third-order valence-electron chi connectivity index (χ3n) is 3.35. The first-order chi connectivity index (χ1) is 9.82. The third-order valence-corrected chi connectivity index (χ3v) is 3.35. The molecule has 0 radical (unpaired) electrons. The normalized spacial score (nSPS) is 13.4. The highest BCUT2D eigenvalue weighted by molar-refractivity contribution is 5.37. The fraction of sp³-hybridized carbons (Fsp3) is 0.375. The summed E-state index contributed by atoms with van der Waals surface area (Å²) >= 11 is 0. The maximum atomic E-state index is 12.9. The van der Waals surface area contributed by atoms with E-state index in [1.54, 1.807) is 6.07 Å². The van der Waals surface area contributed by atoms with Crippen molar-refractivity contribution in [3.8, 4) is 0 Å². The minimum Gasteiger partial charge on any atom is -0.466 e. The topological polar surface area (TPSA) is 25.2 Å². The molecule has 0 aliphatic heterocycles. The third kappa shape index (κ3) is 3.47. The Morgan fingerprint density at radius 1 is 1.19 bits per heavy atom. The second-order valence-electron chi connectivity index (χ2n) is 4.98. The average molecular weight is 297 g/mol. The Bertz CT molecular complexity index is 616. The highest BCUT2D eigenvalue weighted by Crippen LogP contribution is 2.33. The lowest BCUT2D eigenvalue weighted by molar-refractivity contribution is -0.137. The van der Waals surface area contributed by atoms with Crippen molar-refractivity contribution < 1.29 is 17.6 Å². The minimum atomic E-state index is -4.34. The zero-order valence-electron chi connectivity index (χ0n) is 12.2. The van der Waals surface area contributed by atoms with Crippen LogP contribution in [0.1, 0.15) is 41.2 Å². The van der Waals surface area contributed by atoms with Crippen LogP contribution in [0, 0.1) is 13.8 Å². The van der Waals surface area contributed by atoms with Gasteiger partial charge in [-0.3, -0.25) is 0 Å². The van der Waals surface area contributed by atoms with E-state index in [1.165, 1.54) is 12.1 Å². The van der Waals surface area contributed by atoms with Crippen molar-refractivity contribution in [3.05, 3.63) is 58.5 Å². The number of furan rings is 1. The van der Waals surface area contributed by atoms with Crippen molar-refractivity contribution >= 4 is 0 Å². The Morgan fingerprint density at radius 3 is 2.43 bits per heavy atom. The van der Waals surface area contributed by atoms with Crippen LogP contribution in [0.25, 0.3) is 0 Å². The van der Waals surface area contributed by atoms with Gasteiger partial charge >= 0.3 is 6.18 Å². The number of halogens is 3. The molecule has 1 N–H and O–H groups in total. The first-order valence-corrected chi connectivity index (χ1v) is 6.80. The molecule has 21 heavy (non-hydrogen) atoms. The Kier molecular flexibility index (Phi) is 4.42. The molecule has 1 heterocycles. The van der Waals surface area contributed by atoms with E-state index < -0.39 is 11.7 Å². The summed E-state index contributed by atoms with van der Waals surface area (Å²) in [7, 11) is 0. The Balaban J connectivity index is 2.46. The molecule has 0 fully saturated rings. The van der Waals surface area contributed by atoms with Gasteiger partial charge < -0.3 is 9.73 Å². The van der Waals surface area contributed by atoms with Crippen molar-refractivity contribution in [2.75, 3.05) is 6.54 Å². The Hall–Kier alpha value is -1.75. The van der Waals surface area contributed by atoms with Gasteiger partial charge in [-0.05, 0) is 44.2 Å². The molecule has 1 unspecified atom stereocenters. The van der Waals surface area contributed by atoms with E-state index in [1.807, 2.05) is 26.8 Å². The number of alkyl halides is 3. The van der Waals surface area contributed by atoms with Gasteiger partial charge in [0.2, 0.25) is 0 Å².